The summed E-state index contributed by atoms with van der Waals surface area (Å²) in [4.78, 5) is 14.5. The standard InChI is InChI=1S/C15H21NO3/c1-19-14-8-3-2-7-13(14)15(18)16-10-5-4-6-12(16)9-11-17/h2-3,7-8,12,17H,4-6,9-11H2,1H3. The number of benzene rings is 1. The average molecular weight is 263 g/mol. The summed E-state index contributed by atoms with van der Waals surface area (Å²) < 4.78 is 5.26. The first-order valence-corrected chi connectivity index (χ1v) is 6.82. The molecule has 1 aromatic carbocycles. The lowest BCUT2D eigenvalue weighted by molar-refractivity contribution is 0.0571. The van der Waals surface area contributed by atoms with E-state index in [4.69, 9.17) is 9.84 Å². The first kappa shape index (κ1) is 13.9. The van der Waals surface area contributed by atoms with Gasteiger partial charge in [0.1, 0.15) is 5.75 Å². The number of rotatable bonds is 4. The minimum atomic E-state index is 0.00981. The van der Waals surface area contributed by atoms with Crippen LogP contribution in [0, 0.1) is 0 Å². The number of methoxy groups -OCH3 is 1. The largest absolute Gasteiger partial charge is 0.496 e. The highest BCUT2D eigenvalue weighted by Crippen LogP contribution is 2.25. The van der Waals surface area contributed by atoms with Gasteiger partial charge in [0.25, 0.3) is 5.91 Å². The molecule has 1 N–H and O–H groups in total. The number of carbonyl (C=O) groups excluding carboxylic acids is 1. The maximum absolute atomic E-state index is 12.6. The van der Waals surface area contributed by atoms with Crippen LogP contribution in [0.2, 0.25) is 0 Å². The zero-order valence-corrected chi connectivity index (χ0v) is 11.3. The van der Waals surface area contributed by atoms with Gasteiger partial charge < -0.3 is 14.7 Å². The number of carbonyl (C=O) groups is 1. The molecule has 1 atom stereocenters. The van der Waals surface area contributed by atoms with Crippen LogP contribution in [-0.2, 0) is 0 Å². The molecule has 4 heteroatoms. The molecule has 1 heterocycles. The van der Waals surface area contributed by atoms with Gasteiger partial charge in [-0.15, -0.1) is 0 Å². The lowest BCUT2D eigenvalue weighted by Crippen LogP contribution is -2.44. The normalized spacial score (nSPS) is 19.3. The molecule has 2 rings (SSSR count). The van der Waals surface area contributed by atoms with Gasteiger partial charge in [-0.05, 0) is 37.8 Å². The van der Waals surface area contributed by atoms with E-state index in [1.807, 2.05) is 17.0 Å². The first-order chi connectivity index (χ1) is 9.27. The molecule has 1 amide bonds. The Kier molecular flexibility index (Phi) is 4.80. The molecule has 1 aliphatic rings. The van der Waals surface area contributed by atoms with E-state index < -0.39 is 0 Å². The topological polar surface area (TPSA) is 49.8 Å². The number of hydrogen-bond donors (Lipinski definition) is 1. The molecule has 104 valence electrons. The van der Waals surface area contributed by atoms with Crippen molar-refractivity contribution in [3.05, 3.63) is 29.8 Å². The van der Waals surface area contributed by atoms with Gasteiger partial charge in [-0.1, -0.05) is 12.1 Å². The zero-order valence-electron chi connectivity index (χ0n) is 11.3. The number of ether oxygens (including phenoxy) is 1. The SMILES string of the molecule is COc1ccccc1C(=O)N1CCCCC1CCO. The van der Waals surface area contributed by atoms with Crippen LogP contribution in [0.4, 0.5) is 0 Å². The van der Waals surface area contributed by atoms with Crippen molar-refractivity contribution in [2.45, 2.75) is 31.7 Å². The highest BCUT2D eigenvalue weighted by atomic mass is 16.5. The lowest BCUT2D eigenvalue weighted by Gasteiger charge is -2.35. The van der Waals surface area contributed by atoms with Crippen LogP contribution in [0.5, 0.6) is 5.75 Å². The minimum absolute atomic E-state index is 0.00981. The van der Waals surface area contributed by atoms with Crippen molar-refractivity contribution in [2.24, 2.45) is 0 Å². The van der Waals surface area contributed by atoms with E-state index in [9.17, 15) is 4.79 Å². The van der Waals surface area contributed by atoms with Gasteiger partial charge in [0.05, 0.1) is 12.7 Å². The molecule has 0 aromatic heterocycles. The van der Waals surface area contributed by atoms with Crippen molar-refractivity contribution in [1.29, 1.82) is 0 Å². The molecule has 0 bridgehead atoms. The fourth-order valence-corrected chi connectivity index (χ4v) is 2.69. The Morgan fingerprint density at radius 1 is 1.42 bits per heavy atom. The molecular formula is C15H21NO3. The number of amides is 1. The van der Waals surface area contributed by atoms with Gasteiger partial charge in [0.2, 0.25) is 0 Å². The molecule has 1 aromatic rings. The number of hydrogen-bond acceptors (Lipinski definition) is 3. The van der Waals surface area contributed by atoms with Crippen LogP contribution in [0.25, 0.3) is 0 Å². The maximum atomic E-state index is 12.6. The van der Waals surface area contributed by atoms with Crippen molar-refractivity contribution >= 4 is 5.91 Å². The number of aliphatic hydroxyl groups is 1. The molecule has 0 spiro atoms. The number of piperidine rings is 1. The monoisotopic (exact) mass is 263 g/mol. The predicted octanol–water partition coefficient (Wildman–Crippen LogP) is 2.07. The molecule has 4 nitrogen and oxygen atoms in total. The van der Waals surface area contributed by atoms with Crippen molar-refractivity contribution < 1.29 is 14.6 Å². The fourth-order valence-electron chi connectivity index (χ4n) is 2.69. The van der Waals surface area contributed by atoms with Crippen molar-refractivity contribution in [2.75, 3.05) is 20.3 Å². The molecule has 1 fully saturated rings. The first-order valence-electron chi connectivity index (χ1n) is 6.82. The molecule has 1 aliphatic heterocycles. The van der Waals surface area contributed by atoms with Gasteiger partial charge in [-0.3, -0.25) is 4.79 Å². The van der Waals surface area contributed by atoms with E-state index >= 15 is 0 Å². The van der Waals surface area contributed by atoms with Crippen LogP contribution >= 0.6 is 0 Å². The quantitative estimate of drug-likeness (QED) is 0.904. The van der Waals surface area contributed by atoms with Crippen LogP contribution in [0.3, 0.4) is 0 Å². The van der Waals surface area contributed by atoms with Gasteiger partial charge in [-0.25, -0.2) is 0 Å². The smallest absolute Gasteiger partial charge is 0.257 e. The third kappa shape index (κ3) is 3.07. The maximum Gasteiger partial charge on any atom is 0.257 e. The third-order valence-electron chi connectivity index (χ3n) is 3.69. The highest BCUT2D eigenvalue weighted by Gasteiger charge is 2.28. The summed E-state index contributed by atoms with van der Waals surface area (Å²) in [6, 6.07) is 7.46. The Bertz CT molecular complexity index is 431. The van der Waals surface area contributed by atoms with E-state index in [0.29, 0.717) is 17.7 Å². The molecule has 1 saturated heterocycles. The van der Waals surface area contributed by atoms with E-state index in [2.05, 4.69) is 0 Å². The third-order valence-corrected chi connectivity index (χ3v) is 3.69. The van der Waals surface area contributed by atoms with Crippen molar-refractivity contribution in [3.63, 3.8) is 0 Å². The summed E-state index contributed by atoms with van der Waals surface area (Å²) in [5.41, 5.74) is 0.606. The summed E-state index contributed by atoms with van der Waals surface area (Å²) >= 11 is 0. The Morgan fingerprint density at radius 3 is 2.95 bits per heavy atom. The summed E-state index contributed by atoms with van der Waals surface area (Å²) in [5, 5.41) is 9.13. The summed E-state index contributed by atoms with van der Waals surface area (Å²) in [5.74, 6) is 0.622. The van der Waals surface area contributed by atoms with Gasteiger partial charge in [-0.2, -0.15) is 0 Å². The number of para-hydroxylation sites is 1. The second-order valence-corrected chi connectivity index (χ2v) is 4.86. The molecule has 19 heavy (non-hydrogen) atoms. The van der Waals surface area contributed by atoms with Crippen LogP contribution in [0.15, 0.2) is 24.3 Å². The minimum Gasteiger partial charge on any atom is -0.496 e. The van der Waals surface area contributed by atoms with Crippen LogP contribution in [0.1, 0.15) is 36.0 Å². The predicted molar refractivity (Wildman–Crippen MR) is 73.4 cm³/mol. The van der Waals surface area contributed by atoms with Gasteiger partial charge in [0.15, 0.2) is 0 Å². The van der Waals surface area contributed by atoms with E-state index in [1.54, 1.807) is 19.2 Å². The van der Waals surface area contributed by atoms with Crippen molar-refractivity contribution in [1.82, 2.24) is 4.90 Å². The molecule has 1 unspecified atom stereocenters. The van der Waals surface area contributed by atoms with E-state index in [0.717, 1.165) is 25.8 Å². The van der Waals surface area contributed by atoms with Gasteiger partial charge >= 0.3 is 0 Å². The Hall–Kier alpha value is -1.55. The Labute approximate surface area is 114 Å². The number of likely N-dealkylation sites (tertiary alicyclic amines) is 1. The lowest BCUT2D eigenvalue weighted by atomic mass is 9.98. The highest BCUT2D eigenvalue weighted by molar-refractivity contribution is 5.97. The second-order valence-electron chi connectivity index (χ2n) is 4.86. The number of aliphatic hydroxyl groups excluding tert-OH is 1. The Morgan fingerprint density at radius 2 is 2.21 bits per heavy atom. The summed E-state index contributed by atoms with van der Waals surface area (Å²) in [6.07, 6.45) is 3.78. The Balaban J connectivity index is 2.21. The van der Waals surface area contributed by atoms with E-state index in [1.165, 1.54) is 0 Å². The summed E-state index contributed by atoms with van der Waals surface area (Å²) in [6.45, 7) is 0.891. The van der Waals surface area contributed by atoms with Crippen LogP contribution in [-0.4, -0.2) is 42.2 Å². The summed E-state index contributed by atoms with van der Waals surface area (Å²) in [7, 11) is 1.58. The van der Waals surface area contributed by atoms with Gasteiger partial charge in [0, 0.05) is 19.2 Å². The molecule has 0 aliphatic carbocycles. The fraction of sp³-hybridized carbons (Fsp3) is 0.533. The second kappa shape index (κ2) is 6.57. The molecule has 0 saturated carbocycles. The zero-order chi connectivity index (χ0) is 13.7. The van der Waals surface area contributed by atoms with Crippen LogP contribution < -0.4 is 4.74 Å². The van der Waals surface area contributed by atoms with E-state index in [-0.39, 0.29) is 18.6 Å². The molecular weight excluding hydrogens is 242 g/mol. The average Bonchev–Trinajstić information content (AvgIpc) is 2.47. The van der Waals surface area contributed by atoms with Crippen molar-refractivity contribution in [3.8, 4) is 5.75 Å². The molecule has 0 radical (unpaired) electrons. The number of nitrogens with zero attached hydrogens (tertiary/aromatic N) is 1.